The molecule has 29 heavy (non-hydrogen) atoms. The molecule has 1 unspecified atom stereocenters. The van der Waals surface area contributed by atoms with Gasteiger partial charge in [-0.1, -0.05) is 23.7 Å². The first-order valence-electron chi connectivity index (χ1n) is 9.86. The SMILES string of the molecule is O=C(NCC(c1ccc(Cl)cc1)N1CCOCC1)c1ccc(NC(=O)C2CC2)s1. The smallest absolute Gasteiger partial charge is 0.261 e. The molecule has 1 aliphatic heterocycles. The predicted octanol–water partition coefficient (Wildman–Crippen LogP) is 3.55. The van der Waals surface area contributed by atoms with Crippen molar-refractivity contribution in [2.75, 3.05) is 38.2 Å². The molecule has 1 aliphatic carbocycles. The fraction of sp³-hybridized carbons (Fsp3) is 0.429. The van der Waals surface area contributed by atoms with Crippen molar-refractivity contribution in [2.24, 2.45) is 5.92 Å². The molecule has 2 amide bonds. The first-order chi connectivity index (χ1) is 14.1. The number of benzene rings is 1. The Morgan fingerprint density at radius 2 is 1.86 bits per heavy atom. The van der Waals surface area contributed by atoms with E-state index in [-0.39, 0.29) is 23.8 Å². The molecule has 1 aromatic carbocycles. The molecular weight excluding hydrogens is 410 g/mol. The van der Waals surface area contributed by atoms with Gasteiger partial charge in [0, 0.05) is 30.6 Å². The van der Waals surface area contributed by atoms with Gasteiger partial charge in [-0.3, -0.25) is 14.5 Å². The molecule has 1 atom stereocenters. The van der Waals surface area contributed by atoms with Crippen LogP contribution in [-0.4, -0.2) is 49.6 Å². The number of amides is 2. The Balaban J connectivity index is 1.39. The molecule has 8 heteroatoms. The van der Waals surface area contributed by atoms with E-state index in [0.29, 0.717) is 29.7 Å². The van der Waals surface area contributed by atoms with E-state index in [0.717, 1.165) is 36.5 Å². The minimum atomic E-state index is -0.130. The number of anilines is 1. The summed E-state index contributed by atoms with van der Waals surface area (Å²) in [5.74, 6) is 0.0612. The fourth-order valence-corrected chi connectivity index (χ4v) is 4.36. The van der Waals surface area contributed by atoms with E-state index >= 15 is 0 Å². The highest BCUT2D eigenvalue weighted by Crippen LogP contribution is 2.31. The monoisotopic (exact) mass is 433 g/mol. The lowest BCUT2D eigenvalue weighted by atomic mass is 10.0. The lowest BCUT2D eigenvalue weighted by molar-refractivity contribution is -0.117. The topological polar surface area (TPSA) is 70.7 Å². The van der Waals surface area contributed by atoms with Gasteiger partial charge in [-0.25, -0.2) is 0 Å². The molecule has 2 N–H and O–H groups in total. The highest BCUT2D eigenvalue weighted by Gasteiger charge is 2.30. The molecule has 0 bridgehead atoms. The van der Waals surface area contributed by atoms with E-state index in [1.165, 1.54) is 11.3 Å². The third kappa shape index (κ3) is 5.36. The molecule has 1 saturated carbocycles. The number of nitrogens with zero attached hydrogens (tertiary/aromatic N) is 1. The molecule has 2 aliphatic rings. The largest absolute Gasteiger partial charge is 0.379 e. The van der Waals surface area contributed by atoms with Crippen molar-refractivity contribution in [2.45, 2.75) is 18.9 Å². The molecule has 2 aromatic rings. The Morgan fingerprint density at radius 1 is 1.14 bits per heavy atom. The van der Waals surface area contributed by atoms with Gasteiger partial charge < -0.3 is 15.4 Å². The molecule has 4 rings (SSSR count). The molecule has 2 fully saturated rings. The number of halogens is 1. The van der Waals surface area contributed by atoms with Gasteiger partial charge in [-0.2, -0.15) is 0 Å². The Morgan fingerprint density at radius 3 is 2.55 bits per heavy atom. The molecule has 1 aromatic heterocycles. The number of carbonyl (C=O) groups is 2. The van der Waals surface area contributed by atoms with Crippen LogP contribution in [-0.2, 0) is 9.53 Å². The lowest BCUT2D eigenvalue weighted by Crippen LogP contribution is -2.43. The maximum atomic E-state index is 12.7. The number of thiophene rings is 1. The zero-order valence-corrected chi connectivity index (χ0v) is 17.6. The number of morpholine rings is 1. The summed E-state index contributed by atoms with van der Waals surface area (Å²) in [6, 6.07) is 11.4. The molecule has 1 saturated heterocycles. The number of rotatable bonds is 7. The van der Waals surface area contributed by atoms with Gasteiger partial charge in [-0.15, -0.1) is 11.3 Å². The first-order valence-corrected chi connectivity index (χ1v) is 11.1. The highest BCUT2D eigenvalue weighted by molar-refractivity contribution is 7.18. The maximum Gasteiger partial charge on any atom is 0.261 e. The molecule has 0 spiro atoms. The number of nitrogens with one attached hydrogen (secondary N) is 2. The van der Waals surface area contributed by atoms with Gasteiger partial charge in [-0.05, 0) is 42.7 Å². The van der Waals surface area contributed by atoms with E-state index in [1.54, 1.807) is 12.1 Å². The zero-order valence-electron chi connectivity index (χ0n) is 16.0. The van der Waals surface area contributed by atoms with Crippen molar-refractivity contribution in [1.29, 1.82) is 0 Å². The Hall–Kier alpha value is -1.93. The van der Waals surface area contributed by atoms with Crippen LogP contribution in [0.3, 0.4) is 0 Å². The molecule has 2 heterocycles. The second-order valence-corrected chi connectivity index (χ2v) is 8.87. The average molecular weight is 434 g/mol. The number of hydrogen-bond acceptors (Lipinski definition) is 5. The summed E-state index contributed by atoms with van der Waals surface area (Å²) in [5, 5.41) is 7.36. The van der Waals surface area contributed by atoms with Crippen LogP contribution in [0.25, 0.3) is 0 Å². The van der Waals surface area contributed by atoms with Crippen molar-refractivity contribution in [3.8, 4) is 0 Å². The van der Waals surface area contributed by atoms with E-state index < -0.39 is 0 Å². The number of ether oxygens (including phenoxy) is 1. The fourth-order valence-electron chi connectivity index (χ4n) is 3.40. The summed E-state index contributed by atoms with van der Waals surface area (Å²) in [5.41, 5.74) is 1.11. The van der Waals surface area contributed by atoms with Crippen LogP contribution in [0.15, 0.2) is 36.4 Å². The minimum Gasteiger partial charge on any atom is -0.379 e. The minimum absolute atomic E-state index is 0.0499. The number of carbonyl (C=O) groups excluding carboxylic acids is 2. The summed E-state index contributed by atoms with van der Waals surface area (Å²) in [6.45, 7) is 3.50. The van der Waals surface area contributed by atoms with Gasteiger partial charge in [0.1, 0.15) is 0 Å². The van der Waals surface area contributed by atoms with Crippen molar-refractivity contribution in [1.82, 2.24) is 10.2 Å². The van der Waals surface area contributed by atoms with E-state index in [2.05, 4.69) is 15.5 Å². The summed E-state index contributed by atoms with van der Waals surface area (Å²) in [6.07, 6.45) is 1.91. The summed E-state index contributed by atoms with van der Waals surface area (Å²) in [7, 11) is 0. The van der Waals surface area contributed by atoms with Gasteiger partial charge in [0.25, 0.3) is 5.91 Å². The maximum absolute atomic E-state index is 12.7. The van der Waals surface area contributed by atoms with Crippen LogP contribution in [0.5, 0.6) is 0 Å². The third-order valence-electron chi connectivity index (χ3n) is 5.22. The highest BCUT2D eigenvalue weighted by atomic mass is 35.5. The van der Waals surface area contributed by atoms with Crippen LogP contribution in [0, 0.1) is 5.92 Å². The second-order valence-electron chi connectivity index (χ2n) is 7.35. The molecular formula is C21H24ClN3O3S. The van der Waals surface area contributed by atoms with Crippen LogP contribution in [0.4, 0.5) is 5.00 Å². The summed E-state index contributed by atoms with van der Waals surface area (Å²) in [4.78, 5) is 27.5. The van der Waals surface area contributed by atoms with Crippen molar-refractivity contribution < 1.29 is 14.3 Å². The molecule has 154 valence electrons. The van der Waals surface area contributed by atoms with Crippen LogP contribution in [0.1, 0.15) is 34.1 Å². The van der Waals surface area contributed by atoms with E-state index in [9.17, 15) is 9.59 Å². The van der Waals surface area contributed by atoms with Gasteiger partial charge in [0.2, 0.25) is 5.91 Å². The van der Waals surface area contributed by atoms with Gasteiger partial charge in [0.05, 0.1) is 29.1 Å². The molecule has 0 radical (unpaired) electrons. The second kappa shape index (κ2) is 9.26. The summed E-state index contributed by atoms with van der Waals surface area (Å²) < 4.78 is 5.47. The zero-order chi connectivity index (χ0) is 20.2. The van der Waals surface area contributed by atoms with E-state index in [1.807, 2.05) is 24.3 Å². The van der Waals surface area contributed by atoms with Gasteiger partial charge in [0.15, 0.2) is 0 Å². The summed E-state index contributed by atoms with van der Waals surface area (Å²) >= 11 is 7.34. The number of hydrogen-bond donors (Lipinski definition) is 2. The van der Waals surface area contributed by atoms with Crippen molar-refractivity contribution >= 4 is 39.8 Å². The normalized spacial score (nSPS) is 18.2. The molecule has 6 nitrogen and oxygen atoms in total. The van der Waals surface area contributed by atoms with Gasteiger partial charge >= 0.3 is 0 Å². The van der Waals surface area contributed by atoms with E-state index in [4.69, 9.17) is 16.3 Å². The van der Waals surface area contributed by atoms with Crippen LogP contribution < -0.4 is 10.6 Å². The third-order valence-corrected chi connectivity index (χ3v) is 6.47. The van der Waals surface area contributed by atoms with Crippen LogP contribution >= 0.6 is 22.9 Å². The first kappa shape index (κ1) is 20.3. The Labute approximate surface area is 179 Å². The lowest BCUT2D eigenvalue weighted by Gasteiger charge is -2.35. The Bertz CT molecular complexity index is 860. The standard InChI is InChI=1S/C21H24ClN3O3S/c22-16-5-3-14(4-6-16)17(25-9-11-28-12-10-25)13-23-21(27)18-7-8-19(29-18)24-20(26)15-1-2-15/h3-8,15,17H,1-2,9-13H2,(H,23,27)(H,24,26). The average Bonchev–Trinajstić information content (AvgIpc) is 3.49. The van der Waals surface area contributed by atoms with Crippen molar-refractivity contribution in [3.63, 3.8) is 0 Å². The Kier molecular flexibility index (Phi) is 6.50. The quantitative estimate of drug-likeness (QED) is 0.700. The van der Waals surface area contributed by atoms with Crippen molar-refractivity contribution in [3.05, 3.63) is 51.9 Å². The van der Waals surface area contributed by atoms with Crippen LogP contribution in [0.2, 0.25) is 5.02 Å². The predicted molar refractivity (Wildman–Crippen MR) is 115 cm³/mol.